The molecule has 0 aliphatic carbocycles. The molecule has 0 spiro atoms. The fraction of sp³-hybridized carbons (Fsp3) is 0.615. The number of urea groups is 1. The molecule has 21 heavy (non-hydrogen) atoms. The van der Waals surface area contributed by atoms with E-state index in [1.165, 1.54) is 16.7 Å². The maximum atomic E-state index is 12.0. The van der Waals surface area contributed by atoms with Crippen molar-refractivity contribution >= 4 is 23.3 Å². The van der Waals surface area contributed by atoms with Crippen LogP contribution in [0.2, 0.25) is 0 Å². The van der Waals surface area contributed by atoms with Crippen LogP contribution in [0.4, 0.5) is 4.79 Å². The Bertz CT molecular complexity index is 505. The number of carbonyl (C=O) groups is 2. The highest BCUT2D eigenvalue weighted by Crippen LogP contribution is 2.13. The smallest absolute Gasteiger partial charge is 0.355 e. The molecular formula is C13H19N3O4S. The number of carboxylic acids is 1. The number of rotatable bonds is 5. The number of methoxy groups -OCH3 is 1. The maximum absolute atomic E-state index is 12.0. The summed E-state index contributed by atoms with van der Waals surface area (Å²) >= 11 is 1.29. The molecule has 1 aliphatic heterocycles. The summed E-state index contributed by atoms with van der Waals surface area (Å²) in [5.74, 6) is -1.03. The number of nitrogens with zero attached hydrogens (tertiary/aromatic N) is 2. The van der Waals surface area contributed by atoms with E-state index in [-0.39, 0.29) is 17.8 Å². The number of piperidine rings is 1. The van der Waals surface area contributed by atoms with Crippen molar-refractivity contribution in [2.75, 3.05) is 26.7 Å². The molecule has 2 rings (SSSR count). The highest BCUT2D eigenvalue weighted by Gasteiger charge is 2.23. The minimum Gasteiger partial charge on any atom is -0.476 e. The highest BCUT2D eigenvalue weighted by molar-refractivity contribution is 7.09. The zero-order valence-corrected chi connectivity index (χ0v) is 12.7. The molecule has 1 aliphatic rings. The number of aromatic nitrogens is 1. The number of hydrogen-bond acceptors (Lipinski definition) is 5. The quantitative estimate of drug-likeness (QED) is 0.852. The molecule has 1 unspecified atom stereocenters. The summed E-state index contributed by atoms with van der Waals surface area (Å²) in [6.45, 7) is 1.80. The molecule has 0 aromatic carbocycles. The third-order valence-electron chi connectivity index (χ3n) is 3.38. The van der Waals surface area contributed by atoms with Crippen LogP contribution in [0, 0.1) is 0 Å². The lowest BCUT2D eigenvalue weighted by Crippen LogP contribution is -2.47. The van der Waals surface area contributed by atoms with Gasteiger partial charge in [0, 0.05) is 38.5 Å². The molecule has 2 amide bonds. The van der Waals surface area contributed by atoms with Gasteiger partial charge >= 0.3 is 12.0 Å². The molecule has 116 valence electrons. The van der Waals surface area contributed by atoms with Crippen LogP contribution in [-0.2, 0) is 11.2 Å². The molecule has 1 aromatic heterocycles. The number of amides is 2. The SMILES string of the molecule is COC1CCCN(C(=O)NCCc2nc(C(=O)O)cs2)C1. The molecular weight excluding hydrogens is 294 g/mol. The van der Waals surface area contributed by atoms with E-state index >= 15 is 0 Å². The maximum Gasteiger partial charge on any atom is 0.355 e. The van der Waals surface area contributed by atoms with Crippen LogP contribution < -0.4 is 5.32 Å². The van der Waals surface area contributed by atoms with Crippen molar-refractivity contribution in [1.82, 2.24) is 15.2 Å². The summed E-state index contributed by atoms with van der Waals surface area (Å²) in [5.41, 5.74) is 0.0558. The average Bonchev–Trinajstić information content (AvgIpc) is 2.96. The van der Waals surface area contributed by atoms with Gasteiger partial charge in [-0.2, -0.15) is 0 Å². The summed E-state index contributed by atoms with van der Waals surface area (Å²) in [6.07, 6.45) is 2.57. The van der Waals surface area contributed by atoms with Crippen molar-refractivity contribution < 1.29 is 19.4 Å². The van der Waals surface area contributed by atoms with E-state index in [2.05, 4.69) is 10.3 Å². The molecule has 2 N–H and O–H groups in total. The van der Waals surface area contributed by atoms with Crippen molar-refractivity contribution in [2.45, 2.75) is 25.4 Å². The third kappa shape index (κ3) is 4.40. The predicted molar refractivity (Wildman–Crippen MR) is 77.8 cm³/mol. The van der Waals surface area contributed by atoms with E-state index in [1.807, 2.05) is 0 Å². The van der Waals surface area contributed by atoms with Crippen LogP contribution in [0.1, 0.15) is 28.3 Å². The van der Waals surface area contributed by atoms with Crippen LogP contribution in [0.5, 0.6) is 0 Å². The van der Waals surface area contributed by atoms with Crippen molar-refractivity contribution in [3.63, 3.8) is 0 Å². The number of nitrogens with one attached hydrogen (secondary N) is 1. The van der Waals surface area contributed by atoms with Crippen molar-refractivity contribution in [1.29, 1.82) is 0 Å². The van der Waals surface area contributed by atoms with Crippen LogP contribution in [0.15, 0.2) is 5.38 Å². The first-order chi connectivity index (χ1) is 10.1. The van der Waals surface area contributed by atoms with Gasteiger partial charge in [0.2, 0.25) is 0 Å². The number of carbonyl (C=O) groups excluding carboxylic acids is 1. The van der Waals surface area contributed by atoms with Gasteiger partial charge in [-0.3, -0.25) is 0 Å². The predicted octanol–water partition coefficient (Wildman–Crippen LogP) is 1.20. The second-order valence-corrected chi connectivity index (χ2v) is 5.80. The normalized spacial score (nSPS) is 18.5. The lowest BCUT2D eigenvalue weighted by molar-refractivity contribution is 0.0435. The zero-order valence-electron chi connectivity index (χ0n) is 11.9. The van der Waals surface area contributed by atoms with E-state index in [4.69, 9.17) is 9.84 Å². The Labute approximate surface area is 126 Å². The fourth-order valence-corrected chi connectivity index (χ4v) is 3.00. The highest BCUT2D eigenvalue weighted by atomic mass is 32.1. The number of carboxylic acid groups (broad SMARTS) is 1. The van der Waals surface area contributed by atoms with E-state index in [9.17, 15) is 9.59 Å². The van der Waals surface area contributed by atoms with Gasteiger partial charge in [-0.15, -0.1) is 11.3 Å². The summed E-state index contributed by atoms with van der Waals surface area (Å²) in [7, 11) is 1.66. The number of likely N-dealkylation sites (tertiary alicyclic amines) is 1. The number of hydrogen-bond donors (Lipinski definition) is 2. The molecule has 0 bridgehead atoms. The monoisotopic (exact) mass is 313 g/mol. The lowest BCUT2D eigenvalue weighted by Gasteiger charge is -2.31. The summed E-state index contributed by atoms with van der Waals surface area (Å²) in [6, 6.07) is -0.105. The number of aromatic carboxylic acids is 1. The van der Waals surface area contributed by atoms with Crippen LogP contribution in [-0.4, -0.2) is 59.8 Å². The first-order valence-electron chi connectivity index (χ1n) is 6.83. The molecule has 1 fully saturated rings. The van der Waals surface area contributed by atoms with E-state index in [0.717, 1.165) is 19.4 Å². The molecule has 0 saturated carbocycles. The second kappa shape index (κ2) is 7.37. The average molecular weight is 313 g/mol. The number of thiazole rings is 1. The Morgan fingerprint density at radius 1 is 1.62 bits per heavy atom. The van der Waals surface area contributed by atoms with Gasteiger partial charge in [-0.1, -0.05) is 0 Å². The van der Waals surface area contributed by atoms with Gasteiger partial charge < -0.3 is 20.1 Å². The minimum atomic E-state index is -1.03. The van der Waals surface area contributed by atoms with Gasteiger partial charge in [-0.05, 0) is 12.8 Å². The third-order valence-corrected chi connectivity index (χ3v) is 4.29. The summed E-state index contributed by atoms with van der Waals surface area (Å²) in [4.78, 5) is 28.5. The Morgan fingerprint density at radius 2 is 2.43 bits per heavy atom. The standard InChI is InChI=1S/C13H19N3O4S/c1-20-9-3-2-6-16(7-9)13(19)14-5-4-11-15-10(8-21-11)12(17)18/h8-9H,2-7H2,1H3,(H,14,19)(H,17,18). The molecule has 1 atom stereocenters. The van der Waals surface area contributed by atoms with Crippen LogP contribution in [0.25, 0.3) is 0 Å². The van der Waals surface area contributed by atoms with Crippen molar-refractivity contribution in [3.05, 3.63) is 16.1 Å². The summed E-state index contributed by atoms with van der Waals surface area (Å²) < 4.78 is 5.28. The van der Waals surface area contributed by atoms with E-state index in [0.29, 0.717) is 24.5 Å². The Balaban J connectivity index is 1.74. The van der Waals surface area contributed by atoms with E-state index in [1.54, 1.807) is 12.0 Å². The molecule has 1 saturated heterocycles. The largest absolute Gasteiger partial charge is 0.476 e. The molecule has 7 nitrogen and oxygen atoms in total. The Kier molecular flexibility index (Phi) is 5.51. The first-order valence-corrected chi connectivity index (χ1v) is 7.71. The summed E-state index contributed by atoms with van der Waals surface area (Å²) in [5, 5.41) is 13.8. The second-order valence-electron chi connectivity index (χ2n) is 4.86. The Morgan fingerprint density at radius 3 is 3.10 bits per heavy atom. The zero-order chi connectivity index (χ0) is 15.2. The van der Waals surface area contributed by atoms with Crippen LogP contribution >= 0.6 is 11.3 Å². The van der Waals surface area contributed by atoms with Gasteiger partial charge in [0.05, 0.1) is 11.1 Å². The van der Waals surface area contributed by atoms with E-state index < -0.39 is 5.97 Å². The lowest BCUT2D eigenvalue weighted by atomic mass is 10.1. The van der Waals surface area contributed by atoms with Crippen molar-refractivity contribution in [2.24, 2.45) is 0 Å². The molecule has 2 heterocycles. The van der Waals surface area contributed by atoms with Crippen molar-refractivity contribution in [3.8, 4) is 0 Å². The fourth-order valence-electron chi connectivity index (χ4n) is 2.23. The molecule has 0 radical (unpaired) electrons. The van der Waals surface area contributed by atoms with Crippen LogP contribution in [0.3, 0.4) is 0 Å². The number of ether oxygens (including phenoxy) is 1. The van der Waals surface area contributed by atoms with Gasteiger partial charge in [0.25, 0.3) is 0 Å². The topological polar surface area (TPSA) is 91.8 Å². The van der Waals surface area contributed by atoms with Gasteiger partial charge in [0.1, 0.15) is 0 Å². The molecule has 8 heteroatoms. The minimum absolute atomic E-state index is 0.0558. The van der Waals surface area contributed by atoms with Gasteiger partial charge in [0.15, 0.2) is 5.69 Å². The van der Waals surface area contributed by atoms with Gasteiger partial charge in [-0.25, -0.2) is 14.6 Å². The molecule has 1 aromatic rings. The Hall–Kier alpha value is -1.67. The first kappa shape index (κ1) is 15.7.